The quantitative estimate of drug-likeness (QED) is 0.0563. The van der Waals surface area contributed by atoms with Crippen LogP contribution >= 0.6 is 0 Å². The SMILES string of the molecule is CCCCCC/C=C\CCCCCCCC(=O)OC(CCCCCCCCCCCCCCCC)C(=O)O. The molecular formula is C34H64O4. The summed E-state index contributed by atoms with van der Waals surface area (Å²) in [5.41, 5.74) is 0. The maximum Gasteiger partial charge on any atom is 0.345 e. The summed E-state index contributed by atoms with van der Waals surface area (Å²) in [7, 11) is 0. The second-order valence-corrected chi connectivity index (χ2v) is 11.3. The second-order valence-electron chi connectivity index (χ2n) is 11.3. The molecule has 0 fully saturated rings. The molecule has 0 aromatic carbocycles. The van der Waals surface area contributed by atoms with Crippen LogP contribution in [-0.2, 0) is 14.3 Å². The van der Waals surface area contributed by atoms with E-state index in [2.05, 4.69) is 26.0 Å². The minimum atomic E-state index is -1.01. The minimum absolute atomic E-state index is 0.334. The van der Waals surface area contributed by atoms with Crippen LogP contribution in [0.5, 0.6) is 0 Å². The lowest BCUT2D eigenvalue weighted by Gasteiger charge is -2.13. The molecule has 1 atom stereocenters. The Labute approximate surface area is 236 Å². The molecule has 0 aromatic heterocycles. The normalized spacial score (nSPS) is 12.3. The Hall–Kier alpha value is -1.32. The van der Waals surface area contributed by atoms with Crippen LogP contribution in [0, 0.1) is 0 Å². The summed E-state index contributed by atoms with van der Waals surface area (Å²) in [5.74, 6) is -1.36. The summed E-state index contributed by atoms with van der Waals surface area (Å²) in [6.07, 6.45) is 35.2. The molecule has 0 bridgehead atoms. The number of hydrogen-bond acceptors (Lipinski definition) is 3. The van der Waals surface area contributed by atoms with Crippen molar-refractivity contribution in [3.8, 4) is 0 Å². The average Bonchev–Trinajstić information content (AvgIpc) is 2.90. The third kappa shape index (κ3) is 27.7. The predicted molar refractivity (Wildman–Crippen MR) is 163 cm³/mol. The number of carbonyl (C=O) groups excluding carboxylic acids is 1. The Morgan fingerprint density at radius 1 is 0.553 bits per heavy atom. The van der Waals surface area contributed by atoms with E-state index in [0.29, 0.717) is 12.8 Å². The first-order chi connectivity index (χ1) is 18.6. The molecule has 0 heterocycles. The van der Waals surface area contributed by atoms with E-state index in [1.54, 1.807) is 0 Å². The third-order valence-corrected chi connectivity index (χ3v) is 7.51. The van der Waals surface area contributed by atoms with Crippen molar-refractivity contribution in [2.45, 2.75) is 193 Å². The molecule has 38 heavy (non-hydrogen) atoms. The molecule has 0 aliphatic rings. The molecule has 0 radical (unpaired) electrons. The summed E-state index contributed by atoms with van der Waals surface area (Å²) in [4.78, 5) is 23.6. The first-order valence-electron chi connectivity index (χ1n) is 16.7. The van der Waals surface area contributed by atoms with Crippen molar-refractivity contribution in [2.24, 2.45) is 0 Å². The van der Waals surface area contributed by atoms with Crippen LogP contribution in [0.25, 0.3) is 0 Å². The number of carboxylic acids is 1. The number of rotatable bonds is 30. The first-order valence-corrected chi connectivity index (χ1v) is 16.7. The molecule has 0 aliphatic carbocycles. The van der Waals surface area contributed by atoms with Gasteiger partial charge in [0.05, 0.1) is 0 Å². The summed E-state index contributed by atoms with van der Waals surface area (Å²) in [6.45, 7) is 4.51. The van der Waals surface area contributed by atoms with Crippen molar-refractivity contribution in [1.82, 2.24) is 0 Å². The summed E-state index contributed by atoms with van der Waals surface area (Å²) in [5, 5.41) is 9.43. The molecule has 1 N–H and O–H groups in total. The van der Waals surface area contributed by atoms with Crippen LogP contribution < -0.4 is 0 Å². The zero-order valence-corrected chi connectivity index (χ0v) is 25.5. The standard InChI is InChI=1S/C34H64O4/c1-3-5-7-9-11-13-15-17-19-20-22-24-26-28-30-32(34(36)37)38-33(35)31-29-27-25-23-21-18-16-14-12-10-8-6-4-2/h14,16,32H,3-13,15,17-31H2,1-2H3,(H,36,37)/b16-14-. The van der Waals surface area contributed by atoms with E-state index in [4.69, 9.17) is 4.74 Å². The fourth-order valence-electron chi connectivity index (χ4n) is 4.96. The molecule has 4 heteroatoms. The Morgan fingerprint density at radius 3 is 1.37 bits per heavy atom. The van der Waals surface area contributed by atoms with Crippen molar-refractivity contribution in [2.75, 3.05) is 0 Å². The van der Waals surface area contributed by atoms with Gasteiger partial charge in [0.15, 0.2) is 6.10 Å². The van der Waals surface area contributed by atoms with Crippen LogP contribution in [0.4, 0.5) is 0 Å². The molecule has 0 aliphatic heterocycles. The van der Waals surface area contributed by atoms with E-state index in [9.17, 15) is 14.7 Å². The second kappa shape index (κ2) is 30.2. The highest BCUT2D eigenvalue weighted by Crippen LogP contribution is 2.15. The van der Waals surface area contributed by atoms with Crippen molar-refractivity contribution in [3.05, 3.63) is 12.2 Å². The van der Waals surface area contributed by atoms with Gasteiger partial charge < -0.3 is 9.84 Å². The molecular weight excluding hydrogens is 472 g/mol. The number of unbranched alkanes of at least 4 members (excludes halogenated alkanes) is 22. The topological polar surface area (TPSA) is 63.6 Å². The smallest absolute Gasteiger partial charge is 0.345 e. The van der Waals surface area contributed by atoms with Crippen molar-refractivity contribution < 1.29 is 19.4 Å². The summed E-state index contributed by atoms with van der Waals surface area (Å²) < 4.78 is 5.28. The third-order valence-electron chi connectivity index (χ3n) is 7.51. The van der Waals surface area contributed by atoms with E-state index in [1.165, 1.54) is 116 Å². The molecule has 0 saturated heterocycles. The maximum absolute atomic E-state index is 12.1. The van der Waals surface area contributed by atoms with Gasteiger partial charge in [0.1, 0.15) is 0 Å². The zero-order chi connectivity index (χ0) is 27.9. The van der Waals surface area contributed by atoms with Gasteiger partial charge in [-0.1, -0.05) is 148 Å². The number of hydrogen-bond donors (Lipinski definition) is 1. The molecule has 0 saturated carbocycles. The van der Waals surface area contributed by atoms with Gasteiger partial charge in [-0.2, -0.15) is 0 Å². The van der Waals surface area contributed by atoms with Crippen LogP contribution in [0.15, 0.2) is 12.2 Å². The molecule has 0 amide bonds. The van der Waals surface area contributed by atoms with Crippen molar-refractivity contribution in [3.63, 3.8) is 0 Å². The van der Waals surface area contributed by atoms with E-state index < -0.39 is 12.1 Å². The van der Waals surface area contributed by atoms with Crippen molar-refractivity contribution >= 4 is 11.9 Å². The van der Waals surface area contributed by atoms with Gasteiger partial charge in [0.25, 0.3) is 0 Å². The highest BCUT2D eigenvalue weighted by Gasteiger charge is 2.21. The number of allylic oxidation sites excluding steroid dienone is 2. The van der Waals surface area contributed by atoms with Gasteiger partial charge in [0, 0.05) is 6.42 Å². The van der Waals surface area contributed by atoms with Gasteiger partial charge >= 0.3 is 11.9 Å². The van der Waals surface area contributed by atoms with Gasteiger partial charge in [-0.3, -0.25) is 4.79 Å². The Kier molecular flexibility index (Phi) is 29.2. The monoisotopic (exact) mass is 536 g/mol. The fourth-order valence-corrected chi connectivity index (χ4v) is 4.96. The number of esters is 1. The number of carboxylic acid groups (broad SMARTS) is 1. The van der Waals surface area contributed by atoms with E-state index in [1.807, 2.05) is 0 Å². The zero-order valence-electron chi connectivity index (χ0n) is 25.5. The molecule has 0 spiro atoms. The molecule has 1 unspecified atom stereocenters. The van der Waals surface area contributed by atoms with Crippen LogP contribution in [0.3, 0.4) is 0 Å². The Morgan fingerprint density at radius 2 is 0.921 bits per heavy atom. The maximum atomic E-state index is 12.1. The molecule has 224 valence electrons. The average molecular weight is 537 g/mol. The number of carbonyl (C=O) groups is 2. The van der Waals surface area contributed by atoms with Gasteiger partial charge in [-0.15, -0.1) is 0 Å². The lowest BCUT2D eigenvalue weighted by atomic mass is 10.0. The van der Waals surface area contributed by atoms with Crippen molar-refractivity contribution in [1.29, 1.82) is 0 Å². The van der Waals surface area contributed by atoms with Gasteiger partial charge in [0.2, 0.25) is 0 Å². The van der Waals surface area contributed by atoms with Gasteiger partial charge in [-0.25, -0.2) is 4.79 Å². The number of ether oxygens (including phenoxy) is 1. The molecule has 0 rings (SSSR count). The largest absolute Gasteiger partial charge is 0.479 e. The molecule has 0 aromatic rings. The fraction of sp³-hybridized carbons (Fsp3) is 0.882. The Bertz CT molecular complexity index is 543. The highest BCUT2D eigenvalue weighted by molar-refractivity contribution is 5.77. The van der Waals surface area contributed by atoms with Crippen LogP contribution in [0.1, 0.15) is 187 Å². The van der Waals surface area contributed by atoms with Gasteiger partial charge in [-0.05, 0) is 44.9 Å². The molecule has 4 nitrogen and oxygen atoms in total. The predicted octanol–water partition coefficient (Wildman–Crippen LogP) is 11.1. The lowest BCUT2D eigenvalue weighted by molar-refractivity contribution is -0.164. The Balaban J connectivity index is 3.58. The van der Waals surface area contributed by atoms with Crippen LogP contribution in [0.2, 0.25) is 0 Å². The number of aliphatic carboxylic acids is 1. The van der Waals surface area contributed by atoms with E-state index in [0.717, 1.165) is 44.9 Å². The van der Waals surface area contributed by atoms with E-state index in [-0.39, 0.29) is 5.97 Å². The first kappa shape index (κ1) is 36.7. The summed E-state index contributed by atoms with van der Waals surface area (Å²) in [6, 6.07) is 0. The lowest BCUT2D eigenvalue weighted by Crippen LogP contribution is -2.27. The summed E-state index contributed by atoms with van der Waals surface area (Å²) >= 11 is 0. The highest BCUT2D eigenvalue weighted by atomic mass is 16.6. The van der Waals surface area contributed by atoms with E-state index >= 15 is 0 Å². The minimum Gasteiger partial charge on any atom is -0.479 e. The van der Waals surface area contributed by atoms with Crippen LogP contribution in [-0.4, -0.2) is 23.1 Å².